The second-order valence-corrected chi connectivity index (χ2v) is 7.20. The number of benzene rings is 3. The van der Waals surface area contributed by atoms with E-state index in [9.17, 15) is 14.4 Å². The summed E-state index contributed by atoms with van der Waals surface area (Å²) in [7, 11) is 1.62. The van der Waals surface area contributed by atoms with Crippen molar-refractivity contribution in [3.63, 3.8) is 0 Å². The van der Waals surface area contributed by atoms with Crippen molar-refractivity contribution in [2.24, 2.45) is 0 Å². The largest absolute Gasteiger partial charge is 0.497 e. The van der Waals surface area contributed by atoms with E-state index in [-0.39, 0.29) is 18.3 Å². The minimum absolute atomic E-state index is 0.102. The molecule has 0 spiro atoms. The van der Waals surface area contributed by atoms with E-state index in [0.29, 0.717) is 17.7 Å². The number of nitrogens with one attached hydrogen (secondary N) is 1. The van der Waals surface area contributed by atoms with Crippen molar-refractivity contribution in [1.29, 1.82) is 0 Å². The lowest BCUT2D eigenvalue weighted by Crippen LogP contribution is -2.18. The first-order valence-corrected chi connectivity index (χ1v) is 10.1. The van der Waals surface area contributed by atoms with Crippen molar-refractivity contribution in [3.8, 4) is 5.75 Å². The molecule has 0 unspecified atom stereocenters. The van der Waals surface area contributed by atoms with Gasteiger partial charge < -0.3 is 14.8 Å². The Morgan fingerprint density at radius 2 is 1.61 bits per heavy atom. The van der Waals surface area contributed by atoms with Crippen molar-refractivity contribution in [2.75, 3.05) is 19.0 Å². The standard InChI is InChI=1S/C25H25NO5/c1-4-24(28)26-21-10-7-17(8-11-21)23(27)15-31-25(29)16(2)18-5-6-20-14-22(30-3)12-9-19(20)13-18/h5-14,16H,4,15H2,1-3H3,(H,26,28)/t16-/m0/s1. The first kappa shape index (κ1) is 22.0. The summed E-state index contributed by atoms with van der Waals surface area (Å²) < 4.78 is 10.5. The van der Waals surface area contributed by atoms with E-state index in [2.05, 4.69) is 5.32 Å². The highest BCUT2D eigenvalue weighted by atomic mass is 16.5. The molecule has 3 aromatic carbocycles. The fourth-order valence-electron chi connectivity index (χ4n) is 3.11. The maximum Gasteiger partial charge on any atom is 0.313 e. The number of esters is 1. The van der Waals surface area contributed by atoms with Crippen molar-refractivity contribution in [1.82, 2.24) is 0 Å². The van der Waals surface area contributed by atoms with Crippen LogP contribution in [-0.4, -0.2) is 31.4 Å². The first-order valence-electron chi connectivity index (χ1n) is 10.1. The van der Waals surface area contributed by atoms with Crippen LogP contribution >= 0.6 is 0 Å². The predicted molar refractivity (Wildman–Crippen MR) is 120 cm³/mol. The topological polar surface area (TPSA) is 81.7 Å². The van der Waals surface area contributed by atoms with Gasteiger partial charge in [0.1, 0.15) is 5.75 Å². The smallest absolute Gasteiger partial charge is 0.313 e. The SMILES string of the molecule is CCC(=O)Nc1ccc(C(=O)COC(=O)[C@@H](C)c2ccc3cc(OC)ccc3c2)cc1. The number of Topliss-reactive ketones (excluding diaryl/α,β-unsaturated/α-hetero) is 1. The lowest BCUT2D eigenvalue weighted by molar-refractivity contribution is -0.143. The maximum absolute atomic E-state index is 12.5. The fraction of sp³-hybridized carbons (Fsp3) is 0.240. The monoisotopic (exact) mass is 419 g/mol. The van der Waals surface area contributed by atoms with Crippen LogP contribution in [0.2, 0.25) is 0 Å². The number of ketones is 1. The molecule has 0 fully saturated rings. The third-order valence-corrected chi connectivity index (χ3v) is 5.08. The third-order valence-electron chi connectivity index (χ3n) is 5.08. The minimum Gasteiger partial charge on any atom is -0.497 e. The van der Waals surface area contributed by atoms with E-state index in [0.717, 1.165) is 22.1 Å². The number of rotatable bonds is 8. The Balaban J connectivity index is 1.60. The zero-order chi connectivity index (χ0) is 22.4. The summed E-state index contributed by atoms with van der Waals surface area (Å²) in [6.45, 7) is 3.18. The number of carbonyl (C=O) groups excluding carboxylic acids is 3. The van der Waals surface area contributed by atoms with Crippen molar-refractivity contribution < 1.29 is 23.9 Å². The van der Waals surface area contributed by atoms with Crippen LogP contribution in [0.15, 0.2) is 60.7 Å². The van der Waals surface area contributed by atoms with E-state index in [4.69, 9.17) is 9.47 Å². The molecule has 0 saturated heterocycles. The molecule has 0 aromatic heterocycles. The molecule has 0 bridgehead atoms. The molecule has 0 radical (unpaired) electrons. The van der Waals surface area contributed by atoms with Crippen LogP contribution in [0.3, 0.4) is 0 Å². The molecule has 0 heterocycles. The number of hydrogen-bond acceptors (Lipinski definition) is 5. The normalized spacial score (nSPS) is 11.6. The highest BCUT2D eigenvalue weighted by Crippen LogP contribution is 2.25. The molecule has 1 N–H and O–H groups in total. The first-order chi connectivity index (χ1) is 14.9. The summed E-state index contributed by atoms with van der Waals surface area (Å²) in [5.74, 6) is -0.611. The average molecular weight is 419 g/mol. The number of amides is 1. The van der Waals surface area contributed by atoms with Crippen LogP contribution in [0.25, 0.3) is 10.8 Å². The predicted octanol–water partition coefficient (Wildman–Crippen LogP) is 4.73. The highest BCUT2D eigenvalue weighted by molar-refractivity contribution is 5.99. The molecule has 0 saturated carbocycles. The molecule has 3 aromatic rings. The lowest BCUT2D eigenvalue weighted by Gasteiger charge is -2.13. The van der Waals surface area contributed by atoms with Gasteiger partial charge in [0.05, 0.1) is 13.0 Å². The molecule has 0 aliphatic heterocycles. The minimum atomic E-state index is -0.508. The molecule has 6 nitrogen and oxygen atoms in total. The summed E-state index contributed by atoms with van der Waals surface area (Å²) in [5, 5.41) is 4.72. The van der Waals surface area contributed by atoms with Gasteiger partial charge in [0.15, 0.2) is 12.4 Å². The molecule has 0 aliphatic carbocycles. The molecular weight excluding hydrogens is 394 g/mol. The molecule has 160 valence electrons. The zero-order valence-electron chi connectivity index (χ0n) is 17.8. The number of ether oxygens (including phenoxy) is 2. The highest BCUT2D eigenvalue weighted by Gasteiger charge is 2.19. The quantitative estimate of drug-likeness (QED) is 0.422. The number of carbonyl (C=O) groups is 3. The summed E-state index contributed by atoms with van der Waals surface area (Å²) in [5.41, 5.74) is 1.84. The Hall–Kier alpha value is -3.67. The van der Waals surface area contributed by atoms with Crippen molar-refractivity contribution in [2.45, 2.75) is 26.2 Å². The molecule has 1 atom stereocenters. The molecule has 3 rings (SSSR count). The van der Waals surface area contributed by atoms with Crippen LogP contribution in [0.5, 0.6) is 5.75 Å². The van der Waals surface area contributed by atoms with Gasteiger partial charge in [0, 0.05) is 17.7 Å². The van der Waals surface area contributed by atoms with Crippen LogP contribution in [-0.2, 0) is 14.3 Å². The van der Waals surface area contributed by atoms with Crippen LogP contribution in [0, 0.1) is 0 Å². The van der Waals surface area contributed by atoms with Crippen LogP contribution in [0.1, 0.15) is 42.1 Å². The second-order valence-electron chi connectivity index (χ2n) is 7.20. The van der Waals surface area contributed by atoms with E-state index in [1.165, 1.54) is 0 Å². The van der Waals surface area contributed by atoms with Gasteiger partial charge in [0.2, 0.25) is 5.91 Å². The fourth-order valence-corrected chi connectivity index (χ4v) is 3.11. The number of anilines is 1. The van der Waals surface area contributed by atoms with Gasteiger partial charge >= 0.3 is 5.97 Å². The third kappa shape index (κ3) is 5.48. The Labute approximate surface area is 181 Å². The van der Waals surface area contributed by atoms with Crippen LogP contribution < -0.4 is 10.1 Å². The van der Waals surface area contributed by atoms with Gasteiger partial charge in [0.25, 0.3) is 0 Å². The van der Waals surface area contributed by atoms with E-state index < -0.39 is 11.9 Å². The Bertz CT molecular complexity index is 1100. The van der Waals surface area contributed by atoms with Gasteiger partial charge in [-0.3, -0.25) is 14.4 Å². The second kappa shape index (κ2) is 9.89. The number of methoxy groups -OCH3 is 1. The maximum atomic E-state index is 12.5. The molecule has 0 aliphatic rings. The average Bonchev–Trinajstić information content (AvgIpc) is 2.81. The summed E-state index contributed by atoms with van der Waals surface area (Å²) in [6.07, 6.45) is 0.375. The van der Waals surface area contributed by atoms with E-state index in [1.807, 2.05) is 36.4 Å². The van der Waals surface area contributed by atoms with Gasteiger partial charge in [-0.1, -0.05) is 31.2 Å². The Kier molecular flexibility index (Phi) is 7.03. The van der Waals surface area contributed by atoms with E-state index in [1.54, 1.807) is 45.2 Å². The van der Waals surface area contributed by atoms with Crippen molar-refractivity contribution >= 4 is 34.1 Å². The molecule has 31 heavy (non-hydrogen) atoms. The van der Waals surface area contributed by atoms with Gasteiger partial charge in [-0.15, -0.1) is 0 Å². The van der Waals surface area contributed by atoms with Gasteiger partial charge in [-0.05, 0) is 59.7 Å². The van der Waals surface area contributed by atoms with Crippen LogP contribution in [0.4, 0.5) is 5.69 Å². The lowest BCUT2D eigenvalue weighted by atomic mass is 9.98. The molecule has 1 amide bonds. The zero-order valence-corrected chi connectivity index (χ0v) is 17.8. The molecule has 6 heteroatoms. The van der Waals surface area contributed by atoms with Crippen molar-refractivity contribution in [3.05, 3.63) is 71.8 Å². The van der Waals surface area contributed by atoms with Gasteiger partial charge in [-0.2, -0.15) is 0 Å². The Morgan fingerprint density at radius 1 is 0.935 bits per heavy atom. The number of fused-ring (bicyclic) bond motifs is 1. The summed E-state index contributed by atoms with van der Waals surface area (Å²) in [4.78, 5) is 36.3. The number of hydrogen-bond donors (Lipinski definition) is 1. The Morgan fingerprint density at radius 3 is 2.29 bits per heavy atom. The van der Waals surface area contributed by atoms with E-state index >= 15 is 0 Å². The molecular formula is C25H25NO5. The summed E-state index contributed by atoms with van der Waals surface area (Å²) >= 11 is 0. The van der Waals surface area contributed by atoms with Gasteiger partial charge in [-0.25, -0.2) is 0 Å². The summed E-state index contributed by atoms with van der Waals surface area (Å²) in [6, 6.07) is 18.0.